The van der Waals surface area contributed by atoms with Crippen LogP contribution in [-0.4, -0.2) is 55.1 Å². The number of methoxy groups -OCH3 is 1. The van der Waals surface area contributed by atoms with Crippen LogP contribution in [0.4, 0.5) is 0 Å². The van der Waals surface area contributed by atoms with Crippen LogP contribution in [0.5, 0.6) is 11.5 Å². The van der Waals surface area contributed by atoms with Crippen LogP contribution in [0.3, 0.4) is 0 Å². The van der Waals surface area contributed by atoms with Gasteiger partial charge < -0.3 is 23.9 Å². The van der Waals surface area contributed by atoms with E-state index in [9.17, 15) is 19.5 Å². The van der Waals surface area contributed by atoms with Crippen molar-refractivity contribution >= 4 is 23.2 Å². The van der Waals surface area contributed by atoms with Gasteiger partial charge in [0.25, 0.3) is 0 Å². The summed E-state index contributed by atoms with van der Waals surface area (Å²) >= 11 is 0. The summed E-state index contributed by atoms with van der Waals surface area (Å²) < 4.78 is 16.4. The number of aryl methyl sites for hydroxylation is 2. The molecule has 1 amide bonds. The first-order chi connectivity index (χ1) is 14.0. The first kappa shape index (κ1) is 19.4. The zero-order valence-electron chi connectivity index (χ0n) is 16.4. The minimum Gasteiger partial charge on any atom is -0.504 e. The fourth-order valence-electron chi connectivity index (χ4n) is 4.26. The maximum absolute atomic E-state index is 12.8. The van der Waals surface area contributed by atoms with Gasteiger partial charge in [-0.2, -0.15) is 0 Å². The molecule has 0 spiro atoms. The van der Waals surface area contributed by atoms with Crippen LogP contribution in [0.15, 0.2) is 9.21 Å². The van der Waals surface area contributed by atoms with Crippen LogP contribution in [-0.2, 0) is 22.4 Å². The molecule has 8 heteroatoms. The molecule has 1 saturated heterocycles. The number of phenols is 1. The molecule has 0 radical (unpaired) electrons. The summed E-state index contributed by atoms with van der Waals surface area (Å²) in [4.78, 5) is 38.7. The van der Waals surface area contributed by atoms with Gasteiger partial charge in [-0.05, 0) is 31.7 Å². The maximum atomic E-state index is 12.8. The number of hydrogen-bond acceptors (Lipinski definition) is 7. The van der Waals surface area contributed by atoms with Gasteiger partial charge in [-0.15, -0.1) is 0 Å². The Morgan fingerprint density at radius 1 is 1.41 bits per heavy atom. The first-order valence-electron chi connectivity index (χ1n) is 9.68. The third-order valence-electron chi connectivity index (χ3n) is 5.88. The molecule has 0 bridgehead atoms. The molecule has 1 unspecified atom stereocenters. The van der Waals surface area contributed by atoms with E-state index in [1.165, 1.54) is 0 Å². The maximum Gasteiger partial charge on any atom is 0.340 e. The predicted octanol–water partition coefficient (Wildman–Crippen LogP) is 1.73. The van der Waals surface area contributed by atoms with E-state index in [1.54, 1.807) is 18.9 Å². The highest BCUT2D eigenvalue weighted by Gasteiger charge is 2.30. The normalized spacial score (nSPS) is 18.6. The monoisotopic (exact) mass is 401 g/mol. The second kappa shape index (κ2) is 7.51. The second-order valence-electron chi connectivity index (χ2n) is 7.50. The van der Waals surface area contributed by atoms with Crippen LogP contribution in [0.1, 0.15) is 39.9 Å². The van der Waals surface area contributed by atoms with E-state index in [1.807, 2.05) is 0 Å². The fraction of sp³-hybridized carbons (Fsp3) is 0.476. The Morgan fingerprint density at radius 3 is 2.90 bits per heavy atom. The molecule has 4 rings (SSSR count). The number of fused-ring (bicyclic) bond motifs is 3. The van der Waals surface area contributed by atoms with Crippen molar-refractivity contribution in [1.82, 2.24) is 4.90 Å². The fourth-order valence-corrected chi connectivity index (χ4v) is 4.26. The summed E-state index contributed by atoms with van der Waals surface area (Å²) in [5, 5.41) is 11.0. The molecule has 2 aromatic rings. The van der Waals surface area contributed by atoms with Crippen molar-refractivity contribution in [2.75, 3.05) is 26.8 Å². The van der Waals surface area contributed by atoms with Gasteiger partial charge in [-0.25, -0.2) is 4.79 Å². The number of amides is 1. The number of aldehydes is 1. The van der Waals surface area contributed by atoms with Crippen molar-refractivity contribution in [3.63, 3.8) is 0 Å². The lowest BCUT2D eigenvalue weighted by atomic mass is 9.92. The van der Waals surface area contributed by atoms with Crippen LogP contribution in [0, 0.1) is 6.92 Å². The summed E-state index contributed by atoms with van der Waals surface area (Å²) in [5.41, 5.74) is 0.799. The number of hydrogen-bond donors (Lipinski definition) is 1. The lowest BCUT2D eigenvalue weighted by molar-refractivity contribution is -0.129. The van der Waals surface area contributed by atoms with Gasteiger partial charge in [0.1, 0.15) is 5.56 Å². The van der Waals surface area contributed by atoms with Gasteiger partial charge in [-0.1, -0.05) is 0 Å². The quantitative estimate of drug-likeness (QED) is 0.614. The van der Waals surface area contributed by atoms with Crippen molar-refractivity contribution < 1.29 is 28.6 Å². The van der Waals surface area contributed by atoms with Crippen molar-refractivity contribution in [2.45, 2.75) is 38.7 Å². The molecule has 0 saturated carbocycles. The Kier molecular flexibility index (Phi) is 5.04. The molecule has 1 fully saturated rings. The molecule has 1 aromatic carbocycles. The largest absolute Gasteiger partial charge is 0.504 e. The molecule has 2 aliphatic heterocycles. The highest BCUT2D eigenvalue weighted by Crippen LogP contribution is 2.43. The Hall–Kier alpha value is -2.87. The molecule has 29 heavy (non-hydrogen) atoms. The van der Waals surface area contributed by atoms with Crippen LogP contribution in [0.2, 0.25) is 0 Å². The number of likely N-dealkylation sites (tertiary alicyclic amines) is 1. The van der Waals surface area contributed by atoms with E-state index in [0.29, 0.717) is 48.9 Å². The van der Waals surface area contributed by atoms with Crippen LogP contribution >= 0.6 is 0 Å². The molecule has 1 aromatic heterocycles. The van der Waals surface area contributed by atoms with Gasteiger partial charge in [0.05, 0.1) is 24.7 Å². The summed E-state index contributed by atoms with van der Waals surface area (Å²) in [7, 11) is 1.62. The zero-order chi connectivity index (χ0) is 20.7. The van der Waals surface area contributed by atoms with E-state index >= 15 is 0 Å². The van der Waals surface area contributed by atoms with E-state index < -0.39 is 5.63 Å². The van der Waals surface area contributed by atoms with Crippen LogP contribution in [0.25, 0.3) is 11.0 Å². The minimum absolute atomic E-state index is 0.00959. The Labute approximate surface area is 167 Å². The summed E-state index contributed by atoms with van der Waals surface area (Å²) in [6, 6.07) is 0. The standard InChI is InChI=1S/C21H23NO7/c1-11-14(8-16(24)22-6-5-12(9-22)27-2)21(26)29-19-15(10-23)18(25)20-13(17(11)19)4-3-7-28-20/h10,12,25H,3-9H2,1-2H3. The number of nitrogens with zero attached hydrogens (tertiary/aromatic N) is 1. The molecule has 2 aliphatic rings. The molecule has 1 atom stereocenters. The first-order valence-corrected chi connectivity index (χ1v) is 9.68. The summed E-state index contributed by atoms with van der Waals surface area (Å²) in [6.07, 6.45) is 2.49. The Bertz CT molecular complexity index is 1060. The number of rotatable bonds is 4. The van der Waals surface area contributed by atoms with E-state index in [4.69, 9.17) is 13.9 Å². The van der Waals surface area contributed by atoms with E-state index in [0.717, 1.165) is 12.8 Å². The zero-order valence-corrected chi connectivity index (χ0v) is 16.4. The second-order valence-corrected chi connectivity index (χ2v) is 7.50. The van der Waals surface area contributed by atoms with E-state index in [-0.39, 0.29) is 46.6 Å². The van der Waals surface area contributed by atoms with Crippen molar-refractivity contribution in [1.29, 1.82) is 0 Å². The SMILES string of the molecule is COC1CCN(C(=O)Cc2c(C)c3c4c(c(O)c(C=O)c3oc2=O)OCCC4)C1. The highest BCUT2D eigenvalue weighted by atomic mass is 16.5. The molecule has 1 N–H and O–H groups in total. The lowest BCUT2D eigenvalue weighted by Crippen LogP contribution is -2.32. The topological polar surface area (TPSA) is 106 Å². The molecular weight excluding hydrogens is 378 g/mol. The van der Waals surface area contributed by atoms with Gasteiger partial charge in [0.2, 0.25) is 5.91 Å². The minimum atomic E-state index is -0.676. The van der Waals surface area contributed by atoms with E-state index in [2.05, 4.69) is 0 Å². The number of carbonyl (C=O) groups is 2. The number of benzene rings is 1. The number of ether oxygens (including phenoxy) is 2. The molecule has 154 valence electrons. The van der Waals surface area contributed by atoms with Gasteiger partial charge in [0, 0.05) is 31.1 Å². The van der Waals surface area contributed by atoms with Gasteiger partial charge in [0.15, 0.2) is 23.4 Å². The Balaban J connectivity index is 1.82. The van der Waals surface area contributed by atoms with Crippen LogP contribution < -0.4 is 10.4 Å². The van der Waals surface area contributed by atoms with Crippen molar-refractivity contribution in [2.24, 2.45) is 0 Å². The average Bonchev–Trinajstić information content (AvgIpc) is 3.20. The van der Waals surface area contributed by atoms with Gasteiger partial charge in [-0.3, -0.25) is 9.59 Å². The highest BCUT2D eigenvalue weighted by molar-refractivity contribution is 6.02. The van der Waals surface area contributed by atoms with Crippen molar-refractivity contribution in [3.8, 4) is 11.5 Å². The predicted molar refractivity (Wildman–Crippen MR) is 104 cm³/mol. The molecule has 3 heterocycles. The Morgan fingerprint density at radius 2 is 2.21 bits per heavy atom. The average molecular weight is 401 g/mol. The van der Waals surface area contributed by atoms with Crippen molar-refractivity contribution in [3.05, 3.63) is 32.7 Å². The molecular formula is C21H23NO7. The third kappa shape index (κ3) is 3.17. The summed E-state index contributed by atoms with van der Waals surface area (Å²) in [6.45, 7) is 3.26. The van der Waals surface area contributed by atoms with Gasteiger partial charge >= 0.3 is 5.63 Å². The number of phenolic OH excluding ortho intramolecular Hbond substituents is 1. The molecule has 0 aliphatic carbocycles. The lowest BCUT2D eigenvalue weighted by Gasteiger charge is -2.23. The smallest absolute Gasteiger partial charge is 0.340 e. The molecule has 8 nitrogen and oxygen atoms in total. The number of aromatic hydroxyl groups is 1. The number of carbonyl (C=O) groups excluding carboxylic acids is 2. The summed E-state index contributed by atoms with van der Waals surface area (Å²) in [5.74, 6) is -0.224. The third-order valence-corrected chi connectivity index (χ3v) is 5.88.